The number of nitrogens with zero attached hydrogens (tertiary/aromatic N) is 1. The summed E-state index contributed by atoms with van der Waals surface area (Å²) in [6, 6.07) is 2.64. The van der Waals surface area contributed by atoms with Crippen LogP contribution in [-0.4, -0.2) is 11.3 Å². The number of nitriles is 1. The zero-order chi connectivity index (χ0) is 13.1. The maximum atomic E-state index is 12.1. The minimum absolute atomic E-state index is 0.188. The molecule has 0 radical (unpaired) electrons. The molecule has 0 amide bonds. The second-order valence-electron chi connectivity index (χ2n) is 2.98. The Labute approximate surface area is 102 Å². The van der Waals surface area contributed by atoms with Crippen molar-refractivity contribution in [2.45, 2.75) is 18.1 Å². The highest BCUT2D eigenvalue weighted by molar-refractivity contribution is 9.08. The van der Waals surface area contributed by atoms with Crippen molar-refractivity contribution in [1.29, 1.82) is 5.26 Å². The summed E-state index contributed by atoms with van der Waals surface area (Å²) in [5.41, 5.74) is -0.734. The van der Waals surface area contributed by atoms with E-state index in [0.717, 1.165) is 6.07 Å². The molecule has 92 valence electrons. The number of rotatable bonds is 3. The number of hydrogen-bond donors (Lipinski definition) is 1. The third-order valence-electron chi connectivity index (χ3n) is 1.73. The maximum Gasteiger partial charge on any atom is 0.573 e. The van der Waals surface area contributed by atoms with Gasteiger partial charge in [0.2, 0.25) is 5.43 Å². The lowest BCUT2D eigenvalue weighted by Crippen LogP contribution is -2.23. The summed E-state index contributed by atoms with van der Waals surface area (Å²) in [5.74, 6) is -0.885. The van der Waals surface area contributed by atoms with Crippen LogP contribution in [0.1, 0.15) is 11.4 Å². The Kier molecular flexibility index (Phi) is 4.17. The second kappa shape index (κ2) is 5.23. The van der Waals surface area contributed by atoms with E-state index in [1.165, 1.54) is 0 Å². The van der Waals surface area contributed by atoms with Crippen LogP contribution < -0.4 is 10.2 Å². The highest BCUT2D eigenvalue weighted by Gasteiger charge is 2.33. The number of aromatic nitrogens is 1. The summed E-state index contributed by atoms with van der Waals surface area (Å²) in [5, 5.41) is 8.73. The highest BCUT2D eigenvalue weighted by atomic mass is 79.9. The third kappa shape index (κ3) is 3.78. The molecule has 1 aromatic rings. The topological polar surface area (TPSA) is 65.9 Å². The summed E-state index contributed by atoms with van der Waals surface area (Å²) in [7, 11) is 0. The Morgan fingerprint density at radius 2 is 2.18 bits per heavy atom. The summed E-state index contributed by atoms with van der Waals surface area (Å²) in [6.45, 7) is 0. The van der Waals surface area contributed by atoms with Gasteiger partial charge in [-0.15, -0.1) is 13.2 Å². The standard InChI is InChI=1S/C9H6BrF3N2O2/c10-4-5-3-7(16)8(17-9(11,12)13)6(15-5)1-2-14/h3H,1,4H2,(H,15,16). The van der Waals surface area contributed by atoms with Gasteiger partial charge in [0.25, 0.3) is 0 Å². The lowest BCUT2D eigenvalue weighted by molar-refractivity contribution is -0.275. The van der Waals surface area contributed by atoms with Gasteiger partial charge in [0.15, 0.2) is 5.75 Å². The molecule has 0 aliphatic heterocycles. The number of alkyl halides is 4. The van der Waals surface area contributed by atoms with Crippen LogP contribution in [-0.2, 0) is 11.8 Å². The Balaban J connectivity index is 3.27. The minimum Gasteiger partial charge on any atom is -0.400 e. The SMILES string of the molecule is N#CCc1[nH]c(CBr)cc(=O)c1OC(F)(F)F. The molecule has 0 atom stereocenters. The molecule has 8 heteroatoms. The number of nitrogens with one attached hydrogen (secondary N) is 1. The van der Waals surface area contributed by atoms with Gasteiger partial charge in [0, 0.05) is 17.1 Å². The molecule has 1 rings (SSSR count). The van der Waals surface area contributed by atoms with Crippen LogP contribution in [0.25, 0.3) is 0 Å². The van der Waals surface area contributed by atoms with Crippen LogP contribution in [0.15, 0.2) is 10.9 Å². The van der Waals surface area contributed by atoms with Gasteiger partial charge in [-0.25, -0.2) is 0 Å². The Morgan fingerprint density at radius 1 is 1.53 bits per heavy atom. The lowest BCUT2D eigenvalue weighted by atomic mass is 10.2. The van der Waals surface area contributed by atoms with Gasteiger partial charge in [-0.3, -0.25) is 4.79 Å². The quantitative estimate of drug-likeness (QED) is 0.871. The Bertz CT molecular complexity index is 504. The van der Waals surface area contributed by atoms with Gasteiger partial charge < -0.3 is 9.72 Å². The zero-order valence-corrected chi connectivity index (χ0v) is 9.85. The highest BCUT2D eigenvalue weighted by Crippen LogP contribution is 2.23. The van der Waals surface area contributed by atoms with Crippen molar-refractivity contribution in [2.24, 2.45) is 0 Å². The second-order valence-corrected chi connectivity index (χ2v) is 3.54. The molecule has 4 nitrogen and oxygen atoms in total. The monoisotopic (exact) mass is 310 g/mol. The Morgan fingerprint density at radius 3 is 2.65 bits per heavy atom. The molecule has 0 aliphatic carbocycles. The van der Waals surface area contributed by atoms with E-state index in [4.69, 9.17) is 5.26 Å². The van der Waals surface area contributed by atoms with E-state index in [1.807, 2.05) is 0 Å². The number of hydrogen-bond acceptors (Lipinski definition) is 3. The van der Waals surface area contributed by atoms with Crippen LogP contribution in [0.5, 0.6) is 5.75 Å². The number of aromatic amines is 1. The van der Waals surface area contributed by atoms with Gasteiger partial charge in [0.05, 0.1) is 18.2 Å². The molecule has 0 bridgehead atoms. The van der Waals surface area contributed by atoms with E-state index < -0.39 is 17.5 Å². The van der Waals surface area contributed by atoms with Crippen molar-refractivity contribution in [3.8, 4) is 11.8 Å². The van der Waals surface area contributed by atoms with Crippen molar-refractivity contribution in [1.82, 2.24) is 4.98 Å². The van der Waals surface area contributed by atoms with E-state index in [-0.39, 0.29) is 17.4 Å². The molecule has 0 fully saturated rings. The van der Waals surface area contributed by atoms with Crippen LogP contribution in [0, 0.1) is 11.3 Å². The van der Waals surface area contributed by atoms with Crippen LogP contribution in [0.4, 0.5) is 13.2 Å². The molecule has 0 aliphatic rings. The van der Waals surface area contributed by atoms with Gasteiger partial charge >= 0.3 is 6.36 Å². The van der Waals surface area contributed by atoms with Crippen LogP contribution in [0.2, 0.25) is 0 Å². The fourth-order valence-corrected chi connectivity index (χ4v) is 1.46. The smallest absolute Gasteiger partial charge is 0.400 e. The third-order valence-corrected chi connectivity index (χ3v) is 2.34. The van der Waals surface area contributed by atoms with Crippen LogP contribution >= 0.6 is 15.9 Å². The first-order chi connectivity index (χ1) is 7.87. The molecule has 0 aromatic carbocycles. The largest absolute Gasteiger partial charge is 0.573 e. The van der Waals surface area contributed by atoms with Crippen molar-refractivity contribution < 1.29 is 17.9 Å². The average molecular weight is 311 g/mol. The van der Waals surface area contributed by atoms with Gasteiger partial charge in [0.1, 0.15) is 0 Å². The van der Waals surface area contributed by atoms with Crippen molar-refractivity contribution in [3.63, 3.8) is 0 Å². The Hall–Kier alpha value is -1.49. The van der Waals surface area contributed by atoms with E-state index in [1.54, 1.807) is 6.07 Å². The first-order valence-corrected chi connectivity index (χ1v) is 5.43. The number of halogens is 4. The lowest BCUT2D eigenvalue weighted by Gasteiger charge is -2.11. The number of H-pyrrole nitrogens is 1. The van der Waals surface area contributed by atoms with Crippen molar-refractivity contribution >= 4 is 15.9 Å². The predicted octanol–water partition coefficient (Wildman–Crippen LogP) is 2.23. The average Bonchev–Trinajstić information content (AvgIpc) is 2.21. The fraction of sp³-hybridized carbons (Fsp3) is 0.333. The molecular weight excluding hydrogens is 305 g/mol. The summed E-state index contributed by atoms with van der Waals surface area (Å²) >= 11 is 3.05. The summed E-state index contributed by atoms with van der Waals surface area (Å²) in [6.07, 6.45) is -5.34. The molecule has 0 saturated heterocycles. The molecule has 1 heterocycles. The van der Waals surface area contributed by atoms with E-state index >= 15 is 0 Å². The van der Waals surface area contributed by atoms with Gasteiger partial charge in [-0.2, -0.15) is 5.26 Å². The van der Waals surface area contributed by atoms with Gasteiger partial charge in [-0.1, -0.05) is 15.9 Å². The number of ether oxygens (including phenoxy) is 1. The minimum atomic E-state index is -4.97. The number of pyridine rings is 1. The predicted molar refractivity (Wildman–Crippen MR) is 55.7 cm³/mol. The van der Waals surface area contributed by atoms with E-state index in [9.17, 15) is 18.0 Å². The first-order valence-electron chi connectivity index (χ1n) is 4.31. The molecule has 1 N–H and O–H groups in total. The molecule has 17 heavy (non-hydrogen) atoms. The fourth-order valence-electron chi connectivity index (χ4n) is 1.16. The molecular formula is C9H6BrF3N2O2. The van der Waals surface area contributed by atoms with E-state index in [0.29, 0.717) is 5.69 Å². The van der Waals surface area contributed by atoms with E-state index in [2.05, 4.69) is 25.7 Å². The summed E-state index contributed by atoms with van der Waals surface area (Å²) < 4.78 is 39.8. The molecule has 0 spiro atoms. The first kappa shape index (κ1) is 13.6. The van der Waals surface area contributed by atoms with Crippen LogP contribution in [0.3, 0.4) is 0 Å². The molecule has 0 unspecified atom stereocenters. The summed E-state index contributed by atoms with van der Waals surface area (Å²) in [4.78, 5) is 13.9. The molecule has 1 aromatic heterocycles. The van der Waals surface area contributed by atoms with Crippen molar-refractivity contribution in [2.75, 3.05) is 0 Å². The molecule has 0 saturated carbocycles. The van der Waals surface area contributed by atoms with Crippen molar-refractivity contribution in [3.05, 3.63) is 27.7 Å². The zero-order valence-electron chi connectivity index (χ0n) is 8.27. The van der Waals surface area contributed by atoms with Gasteiger partial charge in [-0.05, 0) is 0 Å². The maximum absolute atomic E-state index is 12.1. The normalized spacial score (nSPS) is 11.0.